The van der Waals surface area contributed by atoms with Gasteiger partial charge >= 0.3 is 0 Å². The number of ether oxygens (including phenoxy) is 3. The standard InChI is InChI=1S/C20H18ClN3O5/c1-27-16-6-11(7-17(28-2)19(16)29-3)9-23-24-20(26)14-10-22-15-5-4-12(21)8-13(15)18(14)25/h4-10H,1-3H3,(H,22,25)(H,24,26)/b23-9+. The first-order valence-electron chi connectivity index (χ1n) is 8.42. The Morgan fingerprint density at radius 3 is 2.41 bits per heavy atom. The van der Waals surface area contributed by atoms with Crippen LogP contribution < -0.4 is 25.1 Å². The molecule has 8 nitrogen and oxygen atoms in total. The summed E-state index contributed by atoms with van der Waals surface area (Å²) in [4.78, 5) is 27.8. The third-order valence-electron chi connectivity index (χ3n) is 4.15. The summed E-state index contributed by atoms with van der Waals surface area (Å²) in [7, 11) is 4.50. The van der Waals surface area contributed by atoms with Crippen LogP contribution in [0, 0.1) is 0 Å². The monoisotopic (exact) mass is 415 g/mol. The number of methoxy groups -OCH3 is 3. The molecule has 0 aliphatic carbocycles. The Bertz CT molecular complexity index is 1130. The maximum Gasteiger partial charge on any atom is 0.276 e. The minimum absolute atomic E-state index is 0.0817. The summed E-state index contributed by atoms with van der Waals surface area (Å²) in [5, 5.41) is 4.63. The molecule has 0 atom stereocenters. The van der Waals surface area contributed by atoms with Crippen LogP contribution in [0.2, 0.25) is 5.02 Å². The van der Waals surface area contributed by atoms with Crippen molar-refractivity contribution in [3.8, 4) is 17.2 Å². The maximum atomic E-state index is 12.6. The van der Waals surface area contributed by atoms with Crippen molar-refractivity contribution in [2.24, 2.45) is 5.10 Å². The van der Waals surface area contributed by atoms with Gasteiger partial charge in [0, 0.05) is 27.7 Å². The molecule has 3 aromatic rings. The number of pyridine rings is 1. The van der Waals surface area contributed by atoms with E-state index in [4.69, 9.17) is 25.8 Å². The van der Waals surface area contributed by atoms with Crippen LogP contribution in [0.15, 0.2) is 46.4 Å². The molecule has 150 valence electrons. The molecule has 0 saturated heterocycles. The molecular weight excluding hydrogens is 398 g/mol. The SMILES string of the molecule is COc1cc(/C=N/NC(=O)c2c[nH]c3ccc(Cl)cc3c2=O)cc(OC)c1OC. The van der Waals surface area contributed by atoms with Crippen molar-refractivity contribution in [1.29, 1.82) is 0 Å². The fraction of sp³-hybridized carbons (Fsp3) is 0.150. The van der Waals surface area contributed by atoms with Crippen LogP contribution in [-0.4, -0.2) is 38.4 Å². The number of fused-ring (bicyclic) bond motifs is 1. The van der Waals surface area contributed by atoms with Gasteiger partial charge < -0.3 is 19.2 Å². The Kier molecular flexibility index (Phi) is 6.04. The number of carbonyl (C=O) groups excluding carboxylic acids is 1. The lowest BCUT2D eigenvalue weighted by Gasteiger charge is -2.12. The lowest BCUT2D eigenvalue weighted by atomic mass is 10.1. The molecule has 0 aliphatic heterocycles. The number of nitrogens with one attached hydrogen (secondary N) is 2. The maximum absolute atomic E-state index is 12.6. The van der Waals surface area contributed by atoms with E-state index in [9.17, 15) is 9.59 Å². The zero-order valence-corrected chi connectivity index (χ0v) is 16.7. The number of benzene rings is 2. The van der Waals surface area contributed by atoms with E-state index in [0.29, 0.717) is 38.7 Å². The number of rotatable bonds is 6. The number of amides is 1. The Labute approximate surface area is 171 Å². The van der Waals surface area contributed by atoms with E-state index >= 15 is 0 Å². The van der Waals surface area contributed by atoms with Gasteiger partial charge in [-0.1, -0.05) is 11.6 Å². The predicted molar refractivity (Wildman–Crippen MR) is 111 cm³/mol. The quantitative estimate of drug-likeness (QED) is 0.476. The van der Waals surface area contributed by atoms with Crippen LogP contribution in [0.5, 0.6) is 17.2 Å². The molecule has 3 rings (SSSR count). The molecule has 0 bridgehead atoms. The van der Waals surface area contributed by atoms with Gasteiger partial charge in [0.05, 0.1) is 27.5 Å². The van der Waals surface area contributed by atoms with Gasteiger partial charge in [0.1, 0.15) is 5.56 Å². The second-order valence-electron chi connectivity index (χ2n) is 5.88. The molecule has 1 heterocycles. The van der Waals surface area contributed by atoms with Crippen LogP contribution in [0.1, 0.15) is 15.9 Å². The van der Waals surface area contributed by atoms with Crippen molar-refractivity contribution < 1.29 is 19.0 Å². The summed E-state index contributed by atoms with van der Waals surface area (Å²) in [6, 6.07) is 8.17. The van der Waals surface area contributed by atoms with Crippen LogP contribution in [-0.2, 0) is 0 Å². The van der Waals surface area contributed by atoms with Crippen molar-refractivity contribution in [1.82, 2.24) is 10.4 Å². The molecular formula is C20H18ClN3O5. The molecule has 1 aromatic heterocycles. The van der Waals surface area contributed by atoms with Gasteiger partial charge in [0.25, 0.3) is 5.91 Å². The van der Waals surface area contributed by atoms with Crippen molar-refractivity contribution in [2.45, 2.75) is 0 Å². The van der Waals surface area contributed by atoms with Crippen LogP contribution in [0.4, 0.5) is 0 Å². The molecule has 0 unspecified atom stereocenters. The Morgan fingerprint density at radius 1 is 1.10 bits per heavy atom. The Hall–Kier alpha value is -3.52. The van der Waals surface area contributed by atoms with Gasteiger partial charge in [-0.3, -0.25) is 9.59 Å². The molecule has 0 saturated carbocycles. The number of hydrazone groups is 1. The first kappa shape index (κ1) is 20.2. The van der Waals surface area contributed by atoms with E-state index in [-0.39, 0.29) is 5.56 Å². The summed E-state index contributed by atoms with van der Waals surface area (Å²) in [6.45, 7) is 0. The van der Waals surface area contributed by atoms with Gasteiger partial charge in [-0.2, -0.15) is 5.10 Å². The van der Waals surface area contributed by atoms with Crippen molar-refractivity contribution in [3.63, 3.8) is 0 Å². The predicted octanol–water partition coefficient (Wildman–Crippen LogP) is 2.97. The van der Waals surface area contributed by atoms with Gasteiger partial charge in [-0.25, -0.2) is 5.43 Å². The number of hydrogen-bond donors (Lipinski definition) is 2. The third kappa shape index (κ3) is 4.17. The molecule has 2 N–H and O–H groups in total. The van der Waals surface area contributed by atoms with Crippen LogP contribution in [0.25, 0.3) is 10.9 Å². The minimum Gasteiger partial charge on any atom is -0.493 e. The number of aromatic nitrogens is 1. The minimum atomic E-state index is -0.656. The number of carbonyl (C=O) groups is 1. The van der Waals surface area contributed by atoms with Crippen LogP contribution >= 0.6 is 11.6 Å². The second-order valence-corrected chi connectivity index (χ2v) is 6.32. The molecule has 0 spiro atoms. The number of aromatic amines is 1. The van der Waals surface area contributed by atoms with E-state index in [1.54, 1.807) is 24.3 Å². The highest BCUT2D eigenvalue weighted by Crippen LogP contribution is 2.37. The number of halogens is 1. The third-order valence-corrected chi connectivity index (χ3v) is 4.39. The summed E-state index contributed by atoms with van der Waals surface area (Å²) >= 11 is 5.94. The van der Waals surface area contributed by atoms with Crippen LogP contribution in [0.3, 0.4) is 0 Å². The molecule has 0 aliphatic rings. The highest BCUT2D eigenvalue weighted by Gasteiger charge is 2.14. The molecule has 2 aromatic carbocycles. The van der Waals surface area contributed by atoms with E-state index in [1.807, 2.05) is 0 Å². The zero-order valence-electron chi connectivity index (χ0n) is 15.9. The van der Waals surface area contributed by atoms with Gasteiger partial charge in [-0.15, -0.1) is 0 Å². The van der Waals surface area contributed by atoms with Gasteiger partial charge in [0.2, 0.25) is 11.2 Å². The zero-order chi connectivity index (χ0) is 21.0. The molecule has 29 heavy (non-hydrogen) atoms. The van der Waals surface area contributed by atoms with Crippen molar-refractivity contribution >= 4 is 34.6 Å². The van der Waals surface area contributed by atoms with E-state index < -0.39 is 11.3 Å². The fourth-order valence-corrected chi connectivity index (χ4v) is 2.93. The molecule has 0 fully saturated rings. The van der Waals surface area contributed by atoms with Crippen molar-refractivity contribution in [3.05, 3.63) is 62.9 Å². The first-order valence-corrected chi connectivity index (χ1v) is 8.80. The average Bonchev–Trinajstić information content (AvgIpc) is 2.73. The van der Waals surface area contributed by atoms with Gasteiger partial charge in [-0.05, 0) is 30.3 Å². The van der Waals surface area contributed by atoms with E-state index in [0.717, 1.165) is 0 Å². The Morgan fingerprint density at radius 2 is 1.79 bits per heavy atom. The largest absolute Gasteiger partial charge is 0.493 e. The summed E-state index contributed by atoms with van der Waals surface area (Å²) in [6.07, 6.45) is 2.73. The smallest absolute Gasteiger partial charge is 0.276 e. The number of hydrogen-bond acceptors (Lipinski definition) is 6. The normalized spacial score (nSPS) is 10.9. The topological polar surface area (TPSA) is 102 Å². The Balaban J connectivity index is 1.84. The van der Waals surface area contributed by atoms with E-state index in [2.05, 4.69) is 15.5 Å². The molecule has 1 amide bonds. The first-order chi connectivity index (χ1) is 14.0. The summed E-state index contributed by atoms with van der Waals surface area (Å²) < 4.78 is 15.8. The lowest BCUT2D eigenvalue weighted by molar-refractivity contribution is 0.0954. The number of nitrogens with zero attached hydrogens (tertiary/aromatic N) is 1. The van der Waals surface area contributed by atoms with Gasteiger partial charge in [0.15, 0.2) is 11.5 Å². The summed E-state index contributed by atoms with van der Waals surface area (Å²) in [5.41, 5.74) is 2.99. The average molecular weight is 416 g/mol. The van der Waals surface area contributed by atoms with E-state index in [1.165, 1.54) is 39.8 Å². The molecule has 9 heteroatoms. The highest BCUT2D eigenvalue weighted by atomic mass is 35.5. The number of H-pyrrole nitrogens is 1. The van der Waals surface area contributed by atoms with Crippen molar-refractivity contribution in [2.75, 3.05) is 21.3 Å². The fourth-order valence-electron chi connectivity index (χ4n) is 2.76. The summed E-state index contributed by atoms with van der Waals surface area (Å²) in [5.74, 6) is 0.680. The highest BCUT2D eigenvalue weighted by molar-refractivity contribution is 6.31. The molecule has 0 radical (unpaired) electrons. The lowest BCUT2D eigenvalue weighted by Crippen LogP contribution is -2.25. The second kappa shape index (κ2) is 8.66.